The first-order valence-corrected chi connectivity index (χ1v) is 11.0. The third kappa shape index (κ3) is 5.04. The Labute approximate surface area is 147 Å². The van der Waals surface area contributed by atoms with Gasteiger partial charge in [-0.2, -0.15) is 0 Å². The van der Waals surface area contributed by atoms with E-state index < -0.39 is 19.9 Å². The lowest BCUT2D eigenvalue weighted by Crippen LogP contribution is -2.25. The molecule has 0 radical (unpaired) electrons. The van der Waals surface area contributed by atoms with Gasteiger partial charge in [0.15, 0.2) is 9.84 Å². The maximum absolute atomic E-state index is 12.4. The van der Waals surface area contributed by atoms with Crippen LogP contribution in [-0.4, -0.2) is 29.6 Å². The van der Waals surface area contributed by atoms with Crippen molar-refractivity contribution in [3.63, 3.8) is 0 Å². The summed E-state index contributed by atoms with van der Waals surface area (Å²) in [6.07, 6.45) is 2.37. The van der Waals surface area contributed by atoms with E-state index in [2.05, 4.69) is 4.72 Å². The van der Waals surface area contributed by atoms with Gasteiger partial charge in [-0.3, -0.25) is 0 Å². The molecule has 0 bridgehead atoms. The Hall–Kier alpha value is -1.41. The van der Waals surface area contributed by atoms with Gasteiger partial charge in [0, 0.05) is 12.8 Å². The molecule has 0 aliphatic rings. The van der Waals surface area contributed by atoms with E-state index in [0.717, 1.165) is 24.3 Å². The van der Waals surface area contributed by atoms with Crippen LogP contribution < -0.4 is 4.72 Å². The van der Waals surface area contributed by atoms with Crippen molar-refractivity contribution in [1.82, 2.24) is 4.72 Å². The lowest BCUT2D eigenvalue weighted by Gasteiger charge is -2.10. The van der Waals surface area contributed by atoms with E-state index in [0.29, 0.717) is 6.42 Å². The van der Waals surface area contributed by atoms with Crippen LogP contribution in [0.2, 0.25) is 5.02 Å². The minimum absolute atomic E-state index is 0.0158. The van der Waals surface area contributed by atoms with Gasteiger partial charge in [-0.1, -0.05) is 41.9 Å². The summed E-state index contributed by atoms with van der Waals surface area (Å²) in [5, 5.41) is -0.0158. The number of sulfone groups is 1. The molecule has 0 heterocycles. The van der Waals surface area contributed by atoms with Crippen LogP contribution in [0.15, 0.2) is 58.3 Å². The van der Waals surface area contributed by atoms with Crippen molar-refractivity contribution in [3.05, 3.63) is 59.1 Å². The Morgan fingerprint density at radius 1 is 1.00 bits per heavy atom. The van der Waals surface area contributed by atoms with Crippen LogP contribution in [0, 0.1) is 0 Å². The molecule has 0 aliphatic carbocycles. The van der Waals surface area contributed by atoms with Crippen molar-refractivity contribution >= 4 is 31.5 Å². The number of hydrogen-bond donors (Lipinski definition) is 1. The zero-order valence-corrected chi connectivity index (χ0v) is 15.5. The summed E-state index contributed by atoms with van der Waals surface area (Å²) in [4.78, 5) is -0.316. The Bertz CT molecular complexity index is 910. The van der Waals surface area contributed by atoms with E-state index >= 15 is 0 Å². The second kappa shape index (κ2) is 7.65. The van der Waals surface area contributed by atoms with Gasteiger partial charge in [-0.05, 0) is 36.6 Å². The lowest BCUT2D eigenvalue weighted by molar-refractivity contribution is 0.578. The highest BCUT2D eigenvalue weighted by molar-refractivity contribution is 7.91. The number of rotatable bonds is 7. The molecule has 0 aromatic heterocycles. The zero-order valence-electron chi connectivity index (χ0n) is 13.1. The monoisotopic (exact) mass is 387 g/mol. The SMILES string of the molecule is CS(=O)(=O)c1ccc(Cl)c(S(=O)(=O)NCCCc2ccccc2)c1. The molecular formula is C16H18ClNO4S2. The van der Waals surface area contributed by atoms with Crippen LogP contribution >= 0.6 is 11.6 Å². The fraction of sp³-hybridized carbons (Fsp3) is 0.250. The summed E-state index contributed by atoms with van der Waals surface area (Å²) in [6.45, 7) is 0.233. The van der Waals surface area contributed by atoms with Crippen LogP contribution in [0.4, 0.5) is 0 Å². The van der Waals surface area contributed by atoms with E-state index in [4.69, 9.17) is 11.6 Å². The van der Waals surface area contributed by atoms with E-state index in [1.807, 2.05) is 30.3 Å². The van der Waals surface area contributed by atoms with Gasteiger partial charge in [-0.15, -0.1) is 0 Å². The quantitative estimate of drug-likeness (QED) is 0.740. The molecule has 0 fully saturated rings. The number of sulfonamides is 1. The molecule has 0 saturated heterocycles. The minimum atomic E-state index is -3.87. The molecular weight excluding hydrogens is 370 g/mol. The third-order valence-corrected chi connectivity index (χ3v) is 6.45. The average molecular weight is 388 g/mol. The predicted octanol–water partition coefficient (Wildman–Crippen LogP) is 2.65. The Morgan fingerprint density at radius 3 is 2.29 bits per heavy atom. The van der Waals surface area contributed by atoms with Gasteiger partial charge in [-0.25, -0.2) is 21.6 Å². The molecule has 5 nitrogen and oxygen atoms in total. The van der Waals surface area contributed by atoms with Gasteiger partial charge in [0.2, 0.25) is 10.0 Å². The molecule has 0 unspecified atom stereocenters. The molecule has 130 valence electrons. The number of halogens is 1. The summed E-state index contributed by atoms with van der Waals surface area (Å²) in [7, 11) is -7.39. The molecule has 0 aliphatic heterocycles. The predicted molar refractivity (Wildman–Crippen MR) is 94.5 cm³/mol. The van der Waals surface area contributed by atoms with E-state index in [1.165, 1.54) is 12.1 Å². The van der Waals surface area contributed by atoms with E-state index in [1.54, 1.807) is 0 Å². The molecule has 8 heteroatoms. The first-order chi connectivity index (χ1) is 11.2. The van der Waals surface area contributed by atoms with Gasteiger partial charge in [0.05, 0.1) is 9.92 Å². The van der Waals surface area contributed by atoms with Gasteiger partial charge >= 0.3 is 0 Å². The number of nitrogens with one attached hydrogen (secondary N) is 1. The van der Waals surface area contributed by atoms with Crippen molar-refractivity contribution in [2.75, 3.05) is 12.8 Å². The van der Waals surface area contributed by atoms with E-state index in [9.17, 15) is 16.8 Å². The highest BCUT2D eigenvalue weighted by Crippen LogP contribution is 2.24. The molecule has 2 aromatic carbocycles. The molecule has 24 heavy (non-hydrogen) atoms. The van der Waals surface area contributed by atoms with Crippen LogP contribution in [0.5, 0.6) is 0 Å². The van der Waals surface area contributed by atoms with Crippen LogP contribution in [0.3, 0.4) is 0 Å². The number of hydrogen-bond acceptors (Lipinski definition) is 4. The fourth-order valence-electron chi connectivity index (χ4n) is 2.14. The molecule has 0 spiro atoms. The standard InChI is InChI=1S/C16H18ClNO4S2/c1-23(19,20)14-9-10-15(17)16(12-14)24(21,22)18-11-5-8-13-6-3-2-4-7-13/h2-4,6-7,9-10,12,18H,5,8,11H2,1H3. The molecule has 2 rings (SSSR count). The van der Waals surface area contributed by atoms with Gasteiger partial charge < -0.3 is 0 Å². The first-order valence-electron chi connectivity index (χ1n) is 7.23. The summed E-state index contributed by atoms with van der Waals surface area (Å²) in [6, 6.07) is 13.4. The zero-order chi connectivity index (χ0) is 17.8. The third-order valence-electron chi connectivity index (χ3n) is 3.40. The van der Waals surface area contributed by atoms with Crippen molar-refractivity contribution in [1.29, 1.82) is 0 Å². The normalized spacial score (nSPS) is 12.2. The molecule has 0 saturated carbocycles. The molecule has 0 atom stereocenters. The number of aryl methyl sites for hydroxylation is 1. The Kier molecular flexibility index (Phi) is 6.03. The topological polar surface area (TPSA) is 80.3 Å². The van der Waals surface area contributed by atoms with Crippen LogP contribution in [0.25, 0.3) is 0 Å². The smallest absolute Gasteiger partial charge is 0.224 e. The second-order valence-electron chi connectivity index (χ2n) is 5.35. The van der Waals surface area contributed by atoms with Gasteiger partial charge in [0.25, 0.3) is 0 Å². The van der Waals surface area contributed by atoms with Crippen molar-refractivity contribution in [2.45, 2.75) is 22.6 Å². The highest BCUT2D eigenvalue weighted by atomic mass is 35.5. The maximum atomic E-state index is 12.4. The van der Waals surface area contributed by atoms with E-state index in [-0.39, 0.29) is 21.4 Å². The summed E-state index contributed by atoms with van der Waals surface area (Å²) in [5.74, 6) is 0. The number of benzene rings is 2. The Balaban J connectivity index is 2.07. The first kappa shape index (κ1) is 18.9. The molecule has 1 N–H and O–H groups in total. The van der Waals surface area contributed by atoms with Crippen LogP contribution in [0.1, 0.15) is 12.0 Å². The second-order valence-corrected chi connectivity index (χ2v) is 9.51. The summed E-state index contributed by atoms with van der Waals surface area (Å²) in [5.41, 5.74) is 1.12. The highest BCUT2D eigenvalue weighted by Gasteiger charge is 2.20. The lowest BCUT2D eigenvalue weighted by atomic mass is 10.1. The average Bonchev–Trinajstić information content (AvgIpc) is 2.52. The van der Waals surface area contributed by atoms with Crippen LogP contribution in [-0.2, 0) is 26.3 Å². The largest absolute Gasteiger partial charge is 0.242 e. The van der Waals surface area contributed by atoms with Crippen molar-refractivity contribution < 1.29 is 16.8 Å². The van der Waals surface area contributed by atoms with Crippen molar-refractivity contribution in [2.24, 2.45) is 0 Å². The summed E-state index contributed by atoms with van der Waals surface area (Å²) < 4.78 is 50.3. The van der Waals surface area contributed by atoms with Crippen molar-refractivity contribution in [3.8, 4) is 0 Å². The molecule has 2 aromatic rings. The minimum Gasteiger partial charge on any atom is -0.224 e. The summed E-state index contributed by atoms with van der Waals surface area (Å²) >= 11 is 5.93. The molecule has 0 amide bonds. The fourth-order valence-corrected chi connectivity index (χ4v) is 4.46. The maximum Gasteiger partial charge on any atom is 0.242 e. The Morgan fingerprint density at radius 2 is 1.67 bits per heavy atom. The van der Waals surface area contributed by atoms with Gasteiger partial charge in [0.1, 0.15) is 4.90 Å².